The molecule has 4 heteroatoms. The predicted molar refractivity (Wildman–Crippen MR) is 117 cm³/mol. The summed E-state index contributed by atoms with van der Waals surface area (Å²) in [6.07, 6.45) is 7.03. The van der Waals surface area contributed by atoms with E-state index in [1.165, 1.54) is 33.4 Å². The molecule has 0 aliphatic heterocycles. The summed E-state index contributed by atoms with van der Waals surface area (Å²) in [6, 6.07) is 22.6. The Balaban J connectivity index is -0.000000293. The standard InChI is InChI=1S/C9H13.C7H7S.C6H5.2ClH.Cr/c1-6-5-7(2)9(4)8(6)3;1-8-7-5-3-2-4-6-7;1-2-4-6-5-3-1;;;/h6H,1-4H3;2-6H,1H2;1-5H;2*1H;/q3*-1;;;+3. The summed E-state index contributed by atoms with van der Waals surface area (Å²) in [5.41, 5.74) is 4.25. The van der Waals surface area contributed by atoms with Crippen molar-refractivity contribution < 1.29 is 17.4 Å². The van der Waals surface area contributed by atoms with E-state index in [0.29, 0.717) is 5.92 Å². The maximum atomic E-state index is 3.67. The summed E-state index contributed by atoms with van der Waals surface area (Å²) in [4.78, 5) is 1.22. The molecule has 0 saturated heterocycles. The smallest absolute Gasteiger partial charge is 0.319 e. The summed E-state index contributed by atoms with van der Waals surface area (Å²) in [6.45, 7) is 8.67. The molecule has 1 unspecified atom stereocenters. The molecule has 1 atom stereocenters. The molecule has 0 nitrogen and oxygen atoms in total. The average molecular weight is 446 g/mol. The molecule has 0 fully saturated rings. The van der Waals surface area contributed by atoms with Crippen LogP contribution in [0, 0.1) is 24.3 Å². The van der Waals surface area contributed by atoms with Crippen LogP contribution in [0.4, 0.5) is 0 Å². The van der Waals surface area contributed by atoms with Gasteiger partial charge in [0, 0.05) is 0 Å². The fourth-order valence-electron chi connectivity index (χ4n) is 2.02. The average Bonchev–Trinajstić information content (AvgIpc) is 2.84. The second-order valence-electron chi connectivity index (χ2n) is 5.33. The van der Waals surface area contributed by atoms with E-state index in [1.807, 2.05) is 60.7 Å². The number of rotatable bonds is 1. The van der Waals surface area contributed by atoms with Gasteiger partial charge in [-0.3, -0.25) is 12.3 Å². The van der Waals surface area contributed by atoms with Crippen LogP contribution >= 0.6 is 36.6 Å². The van der Waals surface area contributed by atoms with Crippen molar-refractivity contribution in [3.05, 3.63) is 95.8 Å². The van der Waals surface area contributed by atoms with E-state index in [-0.39, 0.29) is 42.2 Å². The second-order valence-corrected chi connectivity index (χ2v) is 6.09. The molecule has 2 aromatic rings. The third-order valence-corrected chi connectivity index (χ3v) is 4.36. The number of allylic oxidation sites excluding steroid dienone is 4. The quantitative estimate of drug-likeness (QED) is 0.321. The molecule has 0 aromatic heterocycles. The van der Waals surface area contributed by atoms with E-state index in [1.54, 1.807) is 0 Å². The van der Waals surface area contributed by atoms with Crippen LogP contribution < -0.4 is 0 Å². The minimum Gasteiger partial charge on any atom is -0.319 e. The molecular formula is C22H27Cl2CrS. The molecular weight excluding hydrogens is 419 g/mol. The van der Waals surface area contributed by atoms with Gasteiger partial charge >= 0.3 is 17.4 Å². The molecule has 0 amide bonds. The zero-order valence-electron chi connectivity index (χ0n) is 15.7. The first-order valence-corrected chi connectivity index (χ1v) is 8.70. The van der Waals surface area contributed by atoms with Crippen molar-refractivity contribution in [1.29, 1.82) is 0 Å². The first kappa shape index (κ1) is 30.1. The molecule has 1 aliphatic carbocycles. The Hall–Kier alpha value is -0.618. The molecule has 0 spiro atoms. The number of benzene rings is 2. The van der Waals surface area contributed by atoms with E-state index >= 15 is 0 Å². The molecule has 1 radical (unpaired) electrons. The third kappa shape index (κ3) is 11.9. The van der Waals surface area contributed by atoms with Crippen LogP contribution in [-0.2, 0) is 17.4 Å². The van der Waals surface area contributed by atoms with Crippen LogP contribution in [0.3, 0.4) is 0 Å². The minimum absolute atomic E-state index is 0. The van der Waals surface area contributed by atoms with Gasteiger partial charge in [0.2, 0.25) is 0 Å². The SMILES string of the molecule is CC1=[C-]C(C)C(C)=C1C.Cl.Cl.[CH2-]Sc1ccccc1.[Cr+3].[c-]1ccccc1. The van der Waals surface area contributed by atoms with Crippen molar-refractivity contribution in [2.75, 3.05) is 0 Å². The Morgan fingerprint density at radius 2 is 1.38 bits per heavy atom. The second kappa shape index (κ2) is 17.8. The Kier molecular flexibility index (Phi) is 20.6. The monoisotopic (exact) mass is 445 g/mol. The zero-order valence-corrected chi connectivity index (χ0v) is 19.4. The Morgan fingerprint density at radius 1 is 0.885 bits per heavy atom. The molecule has 0 N–H and O–H groups in total. The van der Waals surface area contributed by atoms with Crippen LogP contribution in [0.15, 0.2) is 82.3 Å². The third-order valence-electron chi connectivity index (χ3n) is 3.75. The molecule has 1 aliphatic rings. The molecule has 0 bridgehead atoms. The van der Waals surface area contributed by atoms with E-state index < -0.39 is 0 Å². The van der Waals surface area contributed by atoms with Gasteiger partial charge in [0.05, 0.1) is 0 Å². The molecule has 3 rings (SSSR count). The van der Waals surface area contributed by atoms with Crippen molar-refractivity contribution in [3.8, 4) is 0 Å². The Morgan fingerprint density at radius 3 is 1.58 bits per heavy atom. The molecule has 2 aromatic carbocycles. The van der Waals surface area contributed by atoms with E-state index in [4.69, 9.17) is 0 Å². The van der Waals surface area contributed by atoms with E-state index in [0.717, 1.165) is 0 Å². The van der Waals surface area contributed by atoms with Gasteiger partial charge in [-0.2, -0.15) is 47.5 Å². The molecule has 26 heavy (non-hydrogen) atoms. The van der Waals surface area contributed by atoms with E-state index in [9.17, 15) is 0 Å². The van der Waals surface area contributed by atoms with Crippen molar-refractivity contribution in [2.24, 2.45) is 5.92 Å². The van der Waals surface area contributed by atoms with Crippen molar-refractivity contribution >= 4 is 36.6 Å². The van der Waals surface area contributed by atoms with Gasteiger partial charge in [-0.1, -0.05) is 57.0 Å². The summed E-state index contributed by atoms with van der Waals surface area (Å²) in [7, 11) is 0. The summed E-state index contributed by atoms with van der Waals surface area (Å²) in [5.74, 6) is 0.560. The Labute approximate surface area is 187 Å². The van der Waals surface area contributed by atoms with E-state index in [2.05, 4.69) is 46.1 Å². The molecule has 141 valence electrons. The molecule has 0 saturated carbocycles. The number of hydrogen-bond acceptors (Lipinski definition) is 1. The largest absolute Gasteiger partial charge is 3.00 e. The topological polar surface area (TPSA) is 0 Å². The minimum atomic E-state index is 0. The first-order valence-electron chi connectivity index (χ1n) is 7.72. The van der Waals surface area contributed by atoms with Crippen LogP contribution in [0.25, 0.3) is 0 Å². The fourth-order valence-corrected chi connectivity index (χ4v) is 2.37. The van der Waals surface area contributed by atoms with Crippen LogP contribution in [0.5, 0.6) is 0 Å². The number of halogens is 2. The normalized spacial score (nSPS) is 14.0. The maximum absolute atomic E-state index is 3.67. The predicted octanol–water partition coefficient (Wildman–Crippen LogP) is 7.62. The maximum Gasteiger partial charge on any atom is 3.00 e. The number of hydrogen-bond donors (Lipinski definition) is 0. The molecule has 0 heterocycles. The van der Waals surface area contributed by atoms with Crippen molar-refractivity contribution in [1.82, 2.24) is 0 Å². The Bertz CT molecular complexity index is 598. The summed E-state index contributed by atoms with van der Waals surface area (Å²) >= 11 is 1.52. The van der Waals surface area contributed by atoms with Crippen LogP contribution in [0.2, 0.25) is 0 Å². The van der Waals surface area contributed by atoms with Gasteiger partial charge < -0.3 is 11.8 Å². The van der Waals surface area contributed by atoms with Gasteiger partial charge in [-0.15, -0.1) is 31.7 Å². The summed E-state index contributed by atoms with van der Waals surface area (Å²) in [5, 5.41) is 0. The van der Waals surface area contributed by atoms with Crippen molar-refractivity contribution in [2.45, 2.75) is 32.6 Å². The van der Waals surface area contributed by atoms with Gasteiger partial charge in [0.1, 0.15) is 0 Å². The fraction of sp³-hybridized carbons (Fsp3) is 0.227. The first-order chi connectivity index (χ1) is 11.1. The van der Waals surface area contributed by atoms with Crippen molar-refractivity contribution in [3.63, 3.8) is 0 Å². The zero-order chi connectivity index (χ0) is 17.1. The van der Waals surface area contributed by atoms with Gasteiger partial charge in [0.15, 0.2) is 0 Å². The van der Waals surface area contributed by atoms with Gasteiger partial charge in [-0.25, -0.2) is 5.57 Å². The van der Waals surface area contributed by atoms with Gasteiger partial charge in [-0.05, 0) is 4.90 Å². The number of thioether (sulfide) groups is 1. The van der Waals surface area contributed by atoms with Gasteiger partial charge in [0.25, 0.3) is 0 Å². The van der Waals surface area contributed by atoms with Crippen LogP contribution in [0.1, 0.15) is 27.7 Å². The summed E-state index contributed by atoms with van der Waals surface area (Å²) < 4.78 is 0. The van der Waals surface area contributed by atoms with Crippen LogP contribution in [-0.4, -0.2) is 0 Å².